The molecule has 1 fully saturated rings. The Morgan fingerprint density at radius 3 is 2.26 bits per heavy atom. The number of carbonyl (C=O) groups is 1. The molecule has 3 nitrogen and oxygen atoms in total. The van der Waals surface area contributed by atoms with E-state index in [0.717, 1.165) is 23.4 Å². The topological polar surface area (TPSA) is 46.3 Å². The predicted octanol–water partition coefficient (Wildman–Crippen LogP) is 3.50. The van der Waals surface area contributed by atoms with Gasteiger partial charge in [0.05, 0.1) is 0 Å². The van der Waals surface area contributed by atoms with Gasteiger partial charge in [-0.25, -0.2) is 0 Å². The maximum atomic E-state index is 12.9. The fraction of sp³-hybridized carbons (Fsp3) is 0.278. The number of hydrogen-bond donors (Lipinski definition) is 1. The van der Waals surface area contributed by atoms with Crippen molar-refractivity contribution in [1.82, 2.24) is 4.90 Å². The average molecular weight is 349 g/mol. The Hall–Kier alpha value is -1.49. The third-order valence-electron chi connectivity index (χ3n) is 3.86. The molecule has 1 heterocycles. The van der Waals surface area contributed by atoms with Gasteiger partial charge in [-0.15, -0.1) is 24.2 Å². The number of rotatable bonds is 4. The van der Waals surface area contributed by atoms with Crippen LogP contribution in [0.15, 0.2) is 65.6 Å². The molecular weight excluding hydrogens is 328 g/mol. The lowest BCUT2D eigenvalue weighted by atomic mass is 10.1. The summed E-state index contributed by atoms with van der Waals surface area (Å²) in [5.74, 6) is 0.160. The van der Waals surface area contributed by atoms with Gasteiger partial charge in [0, 0.05) is 24.0 Å². The summed E-state index contributed by atoms with van der Waals surface area (Å²) < 4.78 is 0. The van der Waals surface area contributed by atoms with E-state index in [-0.39, 0.29) is 29.6 Å². The molecule has 3 rings (SSSR count). The highest BCUT2D eigenvalue weighted by Gasteiger charge is 2.31. The highest BCUT2D eigenvalue weighted by molar-refractivity contribution is 8.00. The molecule has 0 aromatic heterocycles. The second-order valence-electron chi connectivity index (χ2n) is 5.55. The normalized spacial score (nSPS) is 18.3. The SMILES string of the molecule is Cl.N[C@@H]1CCN(C(=O)C(Sc2ccccc2)c2ccccc2)C1. The molecule has 122 valence electrons. The number of thioether (sulfide) groups is 1. The molecule has 1 aliphatic heterocycles. The highest BCUT2D eigenvalue weighted by atomic mass is 35.5. The van der Waals surface area contributed by atoms with Gasteiger partial charge in [0.25, 0.3) is 0 Å². The van der Waals surface area contributed by atoms with Crippen molar-refractivity contribution >= 4 is 30.1 Å². The van der Waals surface area contributed by atoms with Crippen LogP contribution in [-0.4, -0.2) is 29.9 Å². The molecule has 2 aromatic carbocycles. The lowest BCUT2D eigenvalue weighted by molar-refractivity contribution is -0.129. The summed E-state index contributed by atoms with van der Waals surface area (Å²) in [5, 5.41) is -0.214. The van der Waals surface area contributed by atoms with Crippen molar-refractivity contribution in [3.8, 4) is 0 Å². The Labute approximate surface area is 147 Å². The van der Waals surface area contributed by atoms with E-state index in [4.69, 9.17) is 5.73 Å². The van der Waals surface area contributed by atoms with Gasteiger partial charge in [-0.3, -0.25) is 4.79 Å². The van der Waals surface area contributed by atoms with E-state index in [0.29, 0.717) is 6.54 Å². The smallest absolute Gasteiger partial charge is 0.240 e. The maximum Gasteiger partial charge on any atom is 0.240 e. The third-order valence-corrected chi connectivity index (χ3v) is 5.11. The Balaban J connectivity index is 0.00000192. The van der Waals surface area contributed by atoms with Crippen LogP contribution in [-0.2, 0) is 4.79 Å². The first kappa shape index (κ1) is 17.9. The van der Waals surface area contributed by atoms with E-state index >= 15 is 0 Å². The molecule has 2 aromatic rings. The van der Waals surface area contributed by atoms with Crippen molar-refractivity contribution in [3.63, 3.8) is 0 Å². The van der Waals surface area contributed by atoms with Crippen LogP contribution in [0.5, 0.6) is 0 Å². The molecule has 0 radical (unpaired) electrons. The lowest BCUT2D eigenvalue weighted by Gasteiger charge is -2.23. The van der Waals surface area contributed by atoms with Crippen LogP contribution in [0.25, 0.3) is 0 Å². The van der Waals surface area contributed by atoms with Crippen molar-refractivity contribution in [2.75, 3.05) is 13.1 Å². The summed E-state index contributed by atoms with van der Waals surface area (Å²) in [5.41, 5.74) is 7.00. The van der Waals surface area contributed by atoms with Gasteiger partial charge < -0.3 is 10.6 Å². The van der Waals surface area contributed by atoms with Crippen molar-refractivity contribution in [2.24, 2.45) is 5.73 Å². The molecular formula is C18H21ClN2OS. The number of hydrogen-bond acceptors (Lipinski definition) is 3. The fourth-order valence-corrected chi connectivity index (χ4v) is 3.81. The number of halogens is 1. The molecule has 23 heavy (non-hydrogen) atoms. The first-order valence-corrected chi connectivity index (χ1v) is 8.43. The van der Waals surface area contributed by atoms with Gasteiger partial charge in [0.15, 0.2) is 0 Å². The van der Waals surface area contributed by atoms with E-state index in [9.17, 15) is 4.79 Å². The zero-order valence-corrected chi connectivity index (χ0v) is 14.4. The molecule has 1 saturated heterocycles. The van der Waals surface area contributed by atoms with Crippen LogP contribution in [0.4, 0.5) is 0 Å². The number of nitrogens with two attached hydrogens (primary N) is 1. The van der Waals surface area contributed by atoms with Crippen LogP contribution >= 0.6 is 24.2 Å². The molecule has 0 aliphatic carbocycles. The van der Waals surface area contributed by atoms with E-state index in [1.165, 1.54) is 0 Å². The summed E-state index contributed by atoms with van der Waals surface area (Å²) in [6.07, 6.45) is 0.892. The van der Waals surface area contributed by atoms with E-state index < -0.39 is 0 Å². The van der Waals surface area contributed by atoms with Gasteiger partial charge in [-0.1, -0.05) is 48.5 Å². The molecule has 1 amide bonds. The number of benzene rings is 2. The summed E-state index contributed by atoms with van der Waals surface area (Å²) in [6, 6.07) is 20.2. The Kier molecular flexibility index (Phi) is 6.51. The summed E-state index contributed by atoms with van der Waals surface area (Å²) in [7, 11) is 0. The van der Waals surface area contributed by atoms with E-state index in [1.807, 2.05) is 65.6 Å². The summed E-state index contributed by atoms with van der Waals surface area (Å²) in [4.78, 5) is 16.0. The summed E-state index contributed by atoms with van der Waals surface area (Å²) >= 11 is 1.61. The van der Waals surface area contributed by atoms with Gasteiger partial charge in [0.1, 0.15) is 5.25 Å². The first-order chi connectivity index (χ1) is 10.7. The highest BCUT2D eigenvalue weighted by Crippen LogP contribution is 2.37. The maximum absolute atomic E-state index is 12.9. The average Bonchev–Trinajstić information content (AvgIpc) is 3.00. The molecule has 0 spiro atoms. The summed E-state index contributed by atoms with van der Waals surface area (Å²) in [6.45, 7) is 1.43. The second kappa shape index (κ2) is 8.39. The van der Waals surface area contributed by atoms with Crippen LogP contribution in [0, 0.1) is 0 Å². The first-order valence-electron chi connectivity index (χ1n) is 7.55. The number of amides is 1. The minimum Gasteiger partial charge on any atom is -0.340 e. The molecule has 2 N–H and O–H groups in total. The zero-order chi connectivity index (χ0) is 15.4. The lowest BCUT2D eigenvalue weighted by Crippen LogP contribution is -2.34. The van der Waals surface area contributed by atoms with Gasteiger partial charge in [0.2, 0.25) is 5.91 Å². The molecule has 1 aliphatic rings. The van der Waals surface area contributed by atoms with Crippen molar-refractivity contribution in [3.05, 3.63) is 66.2 Å². The molecule has 0 saturated carbocycles. The minimum atomic E-state index is -0.214. The van der Waals surface area contributed by atoms with E-state index in [2.05, 4.69) is 0 Å². The monoisotopic (exact) mass is 348 g/mol. The van der Waals surface area contributed by atoms with Gasteiger partial charge in [-0.2, -0.15) is 0 Å². The van der Waals surface area contributed by atoms with E-state index in [1.54, 1.807) is 11.8 Å². The molecule has 0 bridgehead atoms. The quantitative estimate of drug-likeness (QED) is 0.860. The van der Waals surface area contributed by atoms with Gasteiger partial charge in [-0.05, 0) is 24.1 Å². The Morgan fingerprint density at radius 1 is 1.09 bits per heavy atom. The van der Waals surface area contributed by atoms with Crippen LogP contribution in [0.3, 0.4) is 0 Å². The predicted molar refractivity (Wildman–Crippen MR) is 97.9 cm³/mol. The number of carbonyl (C=O) groups excluding carboxylic acids is 1. The van der Waals surface area contributed by atoms with Crippen LogP contribution in [0.2, 0.25) is 0 Å². The van der Waals surface area contributed by atoms with Crippen molar-refractivity contribution < 1.29 is 4.79 Å². The minimum absolute atomic E-state index is 0. The number of likely N-dealkylation sites (tertiary alicyclic amines) is 1. The fourth-order valence-electron chi connectivity index (χ4n) is 2.68. The van der Waals surface area contributed by atoms with Gasteiger partial charge >= 0.3 is 0 Å². The largest absolute Gasteiger partial charge is 0.340 e. The van der Waals surface area contributed by atoms with Crippen molar-refractivity contribution in [1.29, 1.82) is 0 Å². The molecule has 1 unspecified atom stereocenters. The Morgan fingerprint density at radius 2 is 1.70 bits per heavy atom. The van der Waals surface area contributed by atoms with Crippen molar-refractivity contribution in [2.45, 2.75) is 22.6 Å². The van der Waals surface area contributed by atoms with Crippen LogP contribution in [0.1, 0.15) is 17.2 Å². The third kappa shape index (κ3) is 4.50. The Bertz CT molecular complexity index is 623. The van der Waals surface area contributed by atoms with Crippen LogP contribution < -0.4 is 5.73 Å². The number of nitrogens with zero attached hydrogens (tertiary/aromatic N) is 1. The standard InChI is InChI=1S/C18H20N2OS.ClH/c19-15-11-12-20(13-15)18(21)17(14-7-3-1-4-8-14)22-16-9-5-2-6-10-16;/h1-10,15,17H,11-13,19H2;1H/t15-,17?;/m1./s1. The zero-order valence-electron chi connectivity index (χ0n) is 12.8. The second-order valence-corrected chi connectivity index (χ2v) is 6.73. The molecule has 5 heteroatoms. The molecule has 2 atom stereocenters.